The predicted molar refractivity (Wildman–Crippen MR) is 147 cm³/mol. The Morgan fingerprint density at radius 2 is 1.72 bits per heavy atom. The highest BCUT2D eigenvalue weighted by Crippen LogP contribution is 2.34. The first-order valence-corrected chi connectivity index (χ1v) is 12.3. The molecule has 0 radical (unpaired) electrons. The Morgan fingerprint density at radius 3 is 2.31 bits per heavy atom. The lowest BCUT2D eigenvalue weighted by Crippen LogP contribution is -2.10. The van der Waals surface area contributed by atoms with E-state index in [2.05, 4.69) is 90.9 Å². The van der Waals surface area contributed by atoms with Gasteiger partial charge >= 0.3 is 0 Å². The van der Waals surface area contributed by atoms with Crippen molar-refractivity contribution < 1.29 is 19.4 Å². The molecule has 0 aliphatic heterocycles. The predicted octanol–water partition coefficient (Wildman–Crippen LogP) is 6.38. The fourth-order valence-electron chi connectivity index (χ4n) is 4.18. The van der Waals surface area contributed by atoms with Crippen LogP contribution in [-0.2, 0) is 27.9 Å². The molecule has 0 saturated heterocycles. The number of aliphatic hydroxyl groups is 1. The molecule has 0 bridgehead atoms. The summed E-state index contributed by atoms with van der Waals surface area (Å²) in [6, 6.07) is 23.7. The fourth-order valence-corrected chi connectivity index (χ4v) is 4.18. The molecule has 0 atom stereocenters. The highest BCUT2D eigenvalue weighted by atomic mass is 16.5. The molecule has 0 aliphatic carbocycles. The molecule has 5 nitrogen and oxygen atoms in total. The number of hydrogen-bond donors (Lipinski definition) is 1. The highest BCUT2D eigenvalue weighted by Gasteiger charge is 2.15. The SMILES string of the molecule is CCOC=O.COc1cccc(Cn2cc(-c3ccc(C(C)(C)C)cc3)c3cc(CCO)ccc32)c1. The van der Waals surface area contributed by atoms with Gasteiger partial charge in [-0.3, -0.25) is 4.79 Å². The molecular formula is C31H37NO4. The first kappa shape index (κ1) is 27.0. The molecule has 36 heavy (non-hydrogen) atoms. The van der Waals surface area contributed by atoms with E-state index in [1.807, 2.05) is 12.1 Å². The van der Waals surface area contributed by atoms with E-state index in [1.165, 1.54) is 33.2 Å². The van der Waals surface area contributed by atoms with Crippen molar-refractivity contribution in [2.75, 3.05) is 20.3 Å². The van der Waals surface area contributed by atoms with Crippen LogP contribution in [0.1, 0.15) is 44.4 Å². The van der Waals surface area contributed by atoms with Crippen molar-refractivity contribution in [1.29, 1.82) is 0 Å². The third-order valence-electron chi connectivity index (χ3n) is 6.13. The summed E-state index contributed by atoms with van der Waals surface area (Å²) >= 11 is 0. The van der Waals surface area contributed by atoms with Gasteiger partial charge in [-0.25, -0.2) is 0 Å². The maximum absolute atomic E-state index is 9.42. The van der Waals surface area contributed by atoms with E-state index in [9.17, 15) is 9.90 Å². The number of hydrogen-bond acceptors (Lipinski definition) is 4. The summed E-state index contributed by atoms with van der Waals surface area (Å²) in [5.74, 6) is 0.872. The number of aromatic nitrogens is 1. The van der Waals surface area contributed by atoms with Crippen LogP contribution >= 0.6 is 0 Å². The Balaban J connectivity index is 0.000000658. The molecule has 1 aromatic heterocycles. The summed E-state index contributed by atoms with van der Waals surface area (Å²) in [4.78, 5) is 9.18. The summed E-state index contributed by atoms with van der Waals surface area (Å²) in [5.41, 5.74) is 7.44. The molecule has 0 saturated carbocycles. The Hall–Kier alpha value is -3.57. The van der Waals surface area contributed by atoms with Gasteiger partial charge in [0, 0.05) is 35.8 Å². The number of nitrogens with zero attached hydrogens (tertiary/aromatic N) is 1. The van der Waals surface area contributed by atoms with Crippen LogP contribution in [0.5, 0.6) is 5.75 Å². The molecule has 0 aliphatic rings. The Labute approximate surface area is 214 Å². The van der Waals surface area contributed by atoms with Crippen LogP contribution in [0.25, 0.3) is 22.0 Å². The van der Waals surface area contributed by atoms with Crippen LogP contribution in [0, 0.1) is 0 Å². The first-order chi connectivity index (χ1) is 17.3. The molecule has 0 amide bonds. The van der Waals surface area contributed by atoms with Gasteiger partial charge in [0.05, 0.1) is 13.7 Å². The minimum atomic E-state index is 0.132. The Morgan fingerprint density at radius 1 is 0.972 bits per heavy atom. The second-order valence-corrected chi connectivity index (χ2v) is 9.73. The minimum absolute atomic E-state index is 0.132. The summed E-state index contributed by atoms with van der Waals surface area (Å²) in [5, 5.41) is 10.6. The number of carbonyl (C=O) groups is 1. The van der Waals surface area contributed by atoms with Crippen LogP contribution in [-0.4, -0.2) is 36.5 Å². The van der Waals surface area contributed by atoms with E-state index >= 15 is 0 Å². The van der Waals surface area contributed by atoms with E-state index in [0.717, 1.165) is 17.9 Å². The average molecular weight is 488 g/mol. The van der Waals surface area contributed by atoms with Gasteiger partial charge in [0.15, 0.2) is 0 Å². The molecule has 5 heteroatoms. The summed E-state index contributed by atoms with van der Waals surface area (Å²) in [6.45, 7) is 10.3. The number of ether oxygens (including phenoxy) is 2. The van der Waals surface area contributed by atoms with E-state index in [1.54, 1.807) is 14.0 Å². The average Bonchev–Trinajstić information content (AvgIpc) is 3.22. The van der Waals surface area contributed by atoms with Crippen molar-refractivity contribution in [1.82, 2.24) is 4.57 Å². The van der Waals surface area contributed by atoms with E-state index in [-0.39, 0.29) is 12.0 Å². The maximum Gasteiger partial charge on any atom is 0.293 e. The van der Waals surface area contributed by atoms with E-state index in [0.29, 0.717) is 19.5 Å². The molecule has 1 heterocycles. The second-order valence-electron chi connectivity index (χ2n) is 9.73. The van der Waals surface area contributed by atoms with E-state index < -0.39 is 0 Å². The van der Waals surface area contributed by atoms with Crippen molar-refractivity contribution in [2.24, 2.45) is 0 Å². The fraction of sp³-hybridized carbons (Fsp3) is 0.323. The molecule has 4 rings (SSSR count). The number of carbonyl (C=O) groups excluding carboxylic acids is 1. The lowest BCUT2D eigenvalue weighted by Gasteiger charge is -2.19. The smallest absolute Gasteiger partial charge is 0.293 e. The zero-order valence-corrected chi connectivity index (χ0v) is 22.0. The lowest BCUT2D eigenvalue weighted by atomic mass is 9.86. The molecular weight excluding hydrogens is 450 g/mol. The van der Waals surface area contributed by atoms with Crippen LogP contribution in [0.4, 0.5) is 0 Å². The number of fused-ring (bicyclic) bond motifs is 1. The summed E-state index contributed by atoms with van der Waals surface area (Å²) < 4.78 is 11.9. The van der Waals surface area contributed by atoms with Gasteiger partial charge in [-0.05, 0) is 65.3 Å². The van der Waals surface area contributed by atoms with Crippen LogP contribution in [0.2, 0.25) is 0 Å². The van der Waals surface area contributed by atoms with Crippen molar-refractivity contribution >= 4 is 17.4 Å². The Bertz CT molecular complexity index is 1270. The normalized spacial score (nSPS) is 11.1. The first-order valence-electron chi connectivity index (χ1n) is 12.3. The van der Waals surface area contributed by atoms with Crippen molar-refractivity contribution in [3.05, 3.63) is 89.6 Å². The second kappa shape index (κ2) is 12.4. The molecule has 190 valence electrons. The zero-order chi connectivity index (χ0) is 26.1. The number of benzene rings is 3. The molecule has 0 spiro atoms. The van der Waals surface area contributed by atoms with Crippen LogP contribution in [0.15, 0.2) is 72.9 Å². The van der Waals surface area contributed by atoms with Gasteiger partial charge in [-0.15, -0.1) is 0 Å². The van der Waals surface area contributed by atoms with Gasteiger partial charge in [0.2, 0.25) is 0 Å². The molecule has 4 aromatic rings. The molecule has 1 N–H and O–H groups in total. The van der Waals surface area contributed by atoms with E-state index in [4.69, 9.17) is 4.74 Å². The van der Waals surface area contributed by atoms with Crippen molar-refractivity contribution in [2.45, 2.75) is 46.1 Å². The standard InChI is InChI=1S/C28H31NO2.C3H6O2/c1-28(2,3)23-11-9-22(10-12-23)26-19-29(18-21-6-5-7-24(16-21)31-4)27-13-8-20(14-15-30)17-25(26)27;1-2-5-3-4/h5-13,16-17,19,30H,14-15,18H2,1-4H3;3H,2H2,1H3. The van der Waals surface area contributed by atoms with Gasteiger partial charge in [0.1, 0.15) is 5.75 Å². The van der Waals surface area contributed by atoms with Crippen molar-refractivity contribution in [3.63, 3.8) is 0 Å². The summed E-state index contributed by atoms with van der Waals surface area (Å²) in [6.07, 6.45) is 2.92. The molecule has 0 unspecified atom stereocenters. The van der Waals surface area contributed by atoms with Crippen molar-refractivity contribution in [3.8, 4) is 16.9 Å². The van der Waals surface area contributed by atoms with Gasteiger partial charge in [-0.2, -0.15) is 0 Å². The number of aliphatic hydroxyl groups excluding tert-OH is 1. The largest absolute Gasteiger partial charge is 0.497 e. The molecule has 0 fully saturated rings. The zero-order valence-electron chi connectivity index (χ0n) is 22.0. The van der Waals surface area contributed by atoms with Gasteiger partial charge in [-0.1, -0.05) is 63.2 Å². The third-order valence-corrected chi connectivity index (χ3v) is 6.13. The number of rotatable bonds is 8. The van der Waals surface area contributed by atoms with Gasteiger partial charge < -0.3 is 19.1 Å². The summed E-state index contributed by atoms with van der Waals surface area (Å²) in [7, 11) is 1.70. The lowest BCUT2D eigenvalue weighted by molar-refractivity contribution is -0.128. The highest BCUT2D eigenvalue weighted by molar-refractivity contribution is 5.96. The molecule has 3 aromatic carbocycles. The third kappa shape index (κ3) is 6.76. The maximum atomic E-state index is 9.42. The topological polar surface area (TPSA) is 60.7 Å². The van der Waals surface area contributed by atoms with Crippen LogP contribution < -0.4 is 4.74 Å². The monoisotopic (exact) mass is 487 g/mol. The Kier molecular flexibility index (Phi) is 9.31. The van der Waals surface area contributed by atoms with Gasteiger partial charge in [0.25, 0.3) is 6.47 Å². The van der Waals surface area contributed by atoms with Crippen LogP contribution in [0.3, 0.4) is 0 Å². The minimum Gasteiger partial charge on any atom is -0.497 e. The quantitative estimate of drug-likeness (QED) is 0.293. The number of methoxy groups -OCH3 is 1.